The van der Waals surface area contributed by atoms with E-state index in [1.54, 1.807) is 0 Å². The van der Waals surface area contributed by atoms with Gasteiger partial charge in [-0.15, -0.1) is 0 Å². The number of fused-ring (bicyclic) bond motifs is 12. The molecule has 0 aromatic heterocycles. The molecule has 0 unspecified atom stereocenters. The molecule has 0 saturated heterocycles. The molecule has 0 N–H and O–H groups in total. The third-order valence-corrected chi connectivity index (χ3v) is 11.2. The van der Waals surface area contributed by atoms with E-state index in [1.165, 1.54) is 99.0 Å². The van der Waals surface area contributed by atoms with Crippen molar-refractivity contribution in [3.8, 4) is 44.5 Å². The van der Waals surface area contributed by atoms with Gasteiger partial charge < -0.3 is 4.90 Å². The van der Waals surface area contributed by atoms with Gasteiger partial charge in [0.1, 0.15) is 0 Å². The second kappa shape index (κ2) is 11.8. The zero-order valence-electron chi connectivity index (χ0n) is 29.0. The highest BCUT2D eigenvalue weighted by atomic mass is 15.1. The molecule has 1 aliphatic heterocycles. The fourth-order valence-electron chi connectivity index (χ4n) is 8.65. The Morgan fingerprint density at radius 1 is 0.245 bits per heavy atom. The summed E-state index contributed by atoms with van der Waals surface area (Å²) in [6, 6.07) is 73.6. The van der Waals surface area contributed by atoms with Crippen molar-refractivity contribution >= 4 is 60.2 Å². The summed E-state index contributed by atoms with van der Waals surface area (Å²) in [5, 5.41) is 10.3. The Morgan fingerprint density at radius 2 is 0.679 bits per heavy atom. The SMILES string of the molecule is c1ccc(N2c3ccccc3-c3ccccc3-c3cc(-c4ccc5cc(-c6ccc7c8ccccc8c8ccccc8c7c6)ccc5c4)ccc32)cc1. The molecule has 0 fully saturated rings. The van der Waals surface area contributed by atoms with Gasteiger partial charge in [0.2, 0.25) is 0 Å². The van der Waals surface area contributed by atoms with Gasteiger partial charge in [0.15, 0.2) is 0 Å². The van der Waals surface area contributed by atoms with Crippen LogP contribution in [0.1, 0.15) is 0 Å². The van der Waals surface area contributed by atoms with Crippen LogP contribution in [-0.4, -0.2) is 0 Å². The van der Waals surface area contributed by atoms with Gasteiger partial charge in [-0.3, -0.25) is 0 Å². The van der Waals surface area contributed by atoms with Gasteiger partial charge in [0.25, 0.3) is 0 Å². The summed E-state index contributed by atoms with van der Waals surface area (Å²) in [4.78, 5) is 2.41. The molecular formula is C52H33N. The van der Waals surface area contributed by atoms with Crippen molar-refractivity contribution in [1.29, 1.82) is 0 Å². The van der Waals surface area contributed by atoms with E-state index in [0.29, 0.717) is 0 Å². The van der Waals surface area contributed by atoms with E-state index >= 15 is 0 Å². The third kappa shape index (κ3) is 4.71. The third-order valence-electron chi connectivity index (χ3n) is 11.2. The number of hydrogen-bond acceptors (Lipinski definition) is 1. The molecule has 10 aromatic rings. The first-order valence-corrected chi connectivity index (χ1v) is 18.3. The normalized spacial score (nSPS) is 12.1. The molecule has 1 heteroatoms. The van der Waals surface area contributed by atoms with Gasteiger partial charge in [-0.25, -0.2) is 0 Å². The smallest absolute Gasteiger partial charge is 0.0540 e. The van der Waals surface area contributed by atoms with Crippen LogP contribution in [-0.2, 0) is 0 Å². The molecule has 10 aromatic carbocycles. The Bertz CT molecular complexity index is 3030. The van der Waals surface area contributed by atoms with E-state index in [-0.39, 0.29) is 0 Å². The Kier molecular flexibility index (Phi) is 6.62. The summed E-state index contributed by atoms with van der Waals surface area (Å²) >= 11 is 0. The zero-order chi connectivity index (χ0) is 34.9. The van der Waals surface area contributed by atoms with Gasteiger partial charge >= 0.3 is 0 Å². The van der Waals surface area contributed by atoms with Gasteiger partial charge in [0.05, 0.1) is 11.4 Å². The molecule has 0 amide bonds. The summed E-state index contributed by atoms with van der Waals surface area (Å²) in [5.74, 6) is 0. The molecule has 11 rings (SSSR count). The summed E-state index contributed by atoms with van der Waals surface area (Å²) in [7, 11) is 0. The van der Waals surface area contributed by atoms with Gasteiger partial charge in [0, 0.05) is 16.8 Å². The van der Waals surface area contributed by atoms with E-state index in [9.17, 15) is 0 Å². The second-order valence-corrected chi connectivity index (χ2v) is 14.1. The minimum Gasteiger partial charge on any atom is -0.309 e. The van der Waals surface area contributed by atoms with E-state index in [0.717, 1.165) is 5.69 Å². The quantitative estimate of drug-likeness (QED) is 0.169. The van der Waals surface area contributed by atoms with Gasteiger partial charge in [-0.2, -0.15) is 0 Å². The highest BCUT2D eigenvalue weighted by Crippen LogP contribution is 2.51. The van der Waals surface area contributed by atoms with Crippen LogP contribution in [0.4, 0.5) is 17.1 Å². The molecule has 53 heavy (non-hydrogen) atoms. The van der Waals surface area contributed by atoms with Crippen molar-refractivity contribution in [2.24, 2.45) is 0 Å². The summed E-state index contributed by atoms with van der Waals surface area (Å²) in [5.41, 5.74) is 13.4. The molecule has 1 aliphatic rings. The van der Waals surface area contributed by atoms with E-state index in [2.05, 4.69) is 205 Å². The number of nitrogens with zero attached hydrogens (tertiary/aromatic N) is 1. The lowest BCUT2D eigenvalue weighted by Gasteiger charge is -2.27. The molecular weight excluding hydrogens is 639 g/mol. The van der Waals surface area contributed by atoms with Crippen LogP contribution in [0.2, 0.25) is 0 Å². The average molecular weight is 672 g/mol. The van der Waals surface area contributed by atoms with Crippen molar-refractivity contribution in [1.82, 2.24) is 0 Å². The summed E-state index contributed by atoms with van der Waals surface area (Å²) in [6.45, 7) is 0. The van der Waals surface area contributed by atoms with Crippen LogP contribution in [0.25, 0.3) is 87.6 Å². The molecule has 0 aliphatic carbocycles. The maximum Gasteiger partial charge on any atom is 0.0540 e. The zero-order valence-corrected chi connectivity index (χ0v) is 29.0. The Labute approximate surface area is 308 Å². The number of hydrogen-bond donors (Lipinski definition) is 0. The Morgan fingerprint density at radius 3 is 1.34 bits per heavy atom. The molecule has 1 heterocycles. The predicted molar refractivity (Wildman–Crippen MR) is 226 cm³/mol. The highest BCUT2D eigenvalue weighted by molar-refractivity contribution is 6.25. The van der Waals surface area contributed by atoms with Gasteiger partial charge in [-0.05, 0) is 125 Å². The maximum atomic E-state index is 2.41. The average Bonchev–Trinajstić information content (AvgIpc) is 3.36. The lowest BCUT2D eigenvalue weighted by atomic mass is 9.91. The first kappa shape index (κ1) is 29.7. The van der Waals surface area contributed by atoms with Crippen LogP contribution >= 0.6 is 0 Å². The number of anilines is 3. The summed E-state index contributed by atoms with van der Waals surface area (Å²) < 4.78 is 0. The minimum absolute atomic E-state index is 1.15. The number of para-hydroxylation sites is 2. The van der Waals surface area contributed by atoms with E-state index < -0.39 is 0 Å². The van der Waals surface area contributed by atoms with Crippen LogP contribution in [0.5, 0.6) is 0 Å². The topological polar surface area (TPSA) is 3.24 Å². The molecule has 0 radical (unpaired) electrons. The van der Waals surface area contributed by atoms with Crippen LogP contribution in [0, 0.1) is 0 Å². The second-order valence-electron chi connectivity index (χ2n) is 14.1. The summed E-state index contributed by atoms with van der Waals surface area (Å²) in [6.07, 6.45) is 0. The highest BCUT2D eigenvalue weighted by Gasteiger charge is 2.26. The number of rotatable bonds is 3. The maximum absolute atomic E-state index is 2.41. The van der Waals surface area contributed by atoms with E-state index in [4.69, 9.17) is 0 Å². The van der Waals surface area contributed by atoms with E-state index in [1.807, 2.05) is 0 Å². The first-order valence-electron chi connectivity index (χ1n) is 18.3. The van der Waals surface area contributed by atoms with Crippen LogP contribution in [0.3, 0.4) is 0 Å². The molecule has 0 bridgehead atoms. The van der Waals surface area contributed by atoms with Crippen molar-refractivity contribution in [3.63, 3.8) is 0 Å². The first-order chi connectivity index (χ1) is 26.3. The fourth-order valence-corrected chi connectivity index (χ4v) is 8.65. The van der Waals surface area contributed by atoms with Crippen LogP contribution in [0.15, 0.2) is 200 Å². The monoisotopic (exact) mass is 671 g/mol. The van der Waals surface area contributed by atoms with Crippen molar-refractivity contribution in [3.05, 3.63) is 200 Å². The van der Waals surface area contributed by atoms with Crippen molar-refractivity contribution in [2.45, 2.75) is 0 Å². The fraction of sp³-hybridized carbons (Fsp3) is 0. The Balaban J connectivity index is 1.02. The lowest BCUT2D eigenvalue weighted by molar-refractivity contribution is 1.29. The van der Waals surface area contributed by atoms with Gasteiger partial charge in [-0.1, -0.05) is 152 Å². The van der Waals surface area contributed by atoms with Crippen molar-refractivity contribution < 1.29 is 0 Å². The Hall–Kier alpha value is -6.96. The lowest BCUT2D eigenvalue weighted by Crippen LogP contribution is -2.10. The minimum atomic E-state index is 1.15. The predicted octanol–water partition coefficient (Wildman–Crippen LogP) is 14.8. The number of benzene rings is 10. The molecule has 0 spiro atoms. The standard InChI is InChI=1S/C52H33N/c1-2-12-40(13-3-1)53-51-21-11-10-20-48(51)44-17-7-9-19-46(44)50-33-39(27-29-52(50)53)37-25-23-34-30-36(24-22-35(34)31-37)38-26-28-47-43-16-5-4-14-41(43)42-15-6-8-18-45(42)49(47)32-38/h1-33H. The van der Waals surface area contributed by atoms with Crippen LogP contribution < -0.4 is 4.90 Å². The molecule has 1 nitrogen and oxygen atoms in total. The molecule has 246 valence electrons. The molecule has 0 atom stereocenters. The van der Waals surface area contributed by atoms with Crippen molar-refractivity contribution in [2.75, 3.05) is 4.90 Å². The largest absolute Gasteiger partial charge is 0.309 e. The molecule has 0 saturated carbocycles.